The summed E-state index contributed by atoms with van der Waals surface area (Å²) < 4.78 is 11.2. The summed E-state index contributed by atoms with van der Waals surface area (Å²) in [6.07, 6.45) is 1.35. The molecule has 0 amide bonds. The van der Waals surface area contributed by atoms with Gasteiger partial charge in [-0.2, -0.15) is 11.8 Å². The maximum Gasteiger partial charge on any atom is 0.161 e. The van der Waals surface area contributed by atoms with Gasteiger partial charge in [-0.05, 0) is 56.4 Å². The quantitative estimate of drug-likeness (QED) is 0.659. The van der Waals surface area contributed by atoms with Gasteiger partial charge in [0, 0.05) is 12.6 Å². The van der Waals surface area contributed by atoms with E-state index in [0.717, 1.165) is 18.0 Å². The van der Waals surface area contributed by atoms with Crippen LogP contribution in [0.2, 0.25) is 0 Å². The number of ether oxygens (including phenoxy) is 2. The fourth-order valence-electron chi connectivity index (χ4n) is 1.97. The fourth-order valence-corrected chi connectivity index (χ4v) is 2.78. The fraction of sp³-hybridized carbons (Fsp3) is 0.647. The van der Waals surface area contributed by atoms with Gasteiger partial charge in [0.2, 0.25) is 0 Å². The third kappa shape index (κ3) is 7.09. The van der Waals surface area contributed by atoms with E-state index in [1.807, 2.05) is 31.7 Å². The maximum absolute atomic E-state index is 5.73. The second kappa shape index (κ2) is 9.96. The Morgan fingerprint density at radius 3 is 2.57 bits per heavy atom. The molecule has 120 valence electrons. The van der Waals surface area contributed by atoms with Gasteiger partial charge in [0.15, 0.2) is 11.5 Å². The van der Waals surface area contributed by atoms with Crippen molar-refractivity contribution in [3.05, 3.63) is 23.8 Å². The lowest BCUT2D eigenvalue weighted by atomic mass is 10.1. The third-order valence-electron chi connectivity index (χ3n) is 3.14. The van der Waals surface area contributed by atoms with Gasteiger partial charge in [0.05, 0.1) is 13.2 Å². The number of benzene rings is 1. The first-order valence-corrected chi connectivity index (χ1v) is 8.87. The second-order valence-electron chi connectivity index (χ2n) is 5.42. The van der Waals surface area contributed by atoms with E-state index in [4.69, 9.17) is 9.47 Å². The van der Waals surface area contributed by atoms with Crippen LogP contribution in [0.1, 0.15) is 39.7 Å². The Labute approximate surface area is 133 Å². The van der Waals surface area contributed by atoms with E-state index in [0.29, 0.717) is 6.04 Å². The Morgan fingerprint density at radius 2 is 1.95 bits per heavy atom. The molecule has 0 aliphatic heterocycles. The predicted molar refractivity (Wildman–Crippen MR) is 92.7 cm³/mol. The van der Waals surface area contributed by atoms with Gasteiger partial charge in [-0.3, -0.25) is 0 Å². The normalized spacial score (nSPS) is 12.5. The van der Waals surface area contributed by atoms with Crippen LogP contribution in [-0.2, 0) is 6.54 Å². The van der Waals surface area contributed by atoms with Crippen LogP contribution in [0.15, 0.2) is 18.2 Å². The largest absolute Gasteiger partial charge is 0.493 e. The Morgan fingerprint density at radius 1 is 1.19 bits per heavy atom. The lowest BCUT2D eigenvalue weighted by Gasteiger charge is -2.16. The summed E-state index contributed by atoms with van der Waals surface area (Å²) in [5, 5.41) is 3.56. The van der Waals surface area contributed by atoms with Crippen LogP contribution in [0.25, 0.3) is 0 Å². The van der Waals surface area contributed by atoms with Crippen molar-refractivity contribution in [3.8, 4) is 11.5 Å². The van der Waals surface area contributed by atoms with Crippen LogP contribution in [0.4, 0.5) is 0 Å². The van der Waals surface area contributed by atoms with Gasteiger partial charge in [-0.25, -0.2) is 0 Å². The smallest absolute Gasteiger partial charge is 0.161 e. The van der Waals surface area contributed by atoms with E-state index in [2.05, 4.69) is 31.3 Å². The summed E-state index contributed by atoms with van der Waals surface area (Å²) in [6, 6.07) is 6.67. The molecule has 4 heteroatoms. The van der Waals surface area contributed by atoms with Crippen molar-refractivity contribution in [2.75, 3.05) is 18.6 Å². The first kappa shape index (κ1) is 18.2. The summed E-state index contributed by atoms with van der Waals surface area (Å²) in [6.45, 7) is 9.34. The molecule has 21 heavy (non-hydrogen) atoms. The van der Waals surface area contributed by atoms with Crippen molar-refractivity contribution in [2.24, 2.45) is 0 Å². The van der Waals surface area contributed by atoms with Gasteiger partial charge >= 0.3 is 0 Å². The standard InChI is InChI=1S/C17H29NO2S/c1-6-21-10-9-14(4)18-12-15-7-8-16(20-13(2)3)17(11-15)19-5/h7-8,11,13-14,18H,6,9-10,12H2,1-5H3. The number of rotatable bonds is 10. The van der Waals surface area contributed by atoms with Crippen LogP contribution < -0.4 is 14.8 Å². The molecular weight excluding hydrogens is 282 g/mol. The molecule has 0 spiro atoms. The lowest BCUT2D eigenvalue weighted by Crippen LogP contribution is -2.26. The minimum atomic E-state index is 0.152. The van der Waals surface area contributed by atoms with Crippen molar-refractivity contribution in [1.82, 2.24) is 5.32 Å². The minimum Gasteiger partial charge on any atom is -0.493 e. The Hall–Kier alpha value is -0.870. The zero-order valence-corrected chi connectivity index (χ0v) is 14.8. The Kier molecular flexibility index (Phi) is 8.62. The number of hydrogen-bond acceptors (Lipinski definition) is 4. The molecule has 1 aromatic rings. The van der Waals surface area contributed by atoms with E-state index >= 15 is 0 Å². The average Bonchev–Trinajstić information content (AvgIpc) is 2.46. The highest BCUT2D eigenvalue weighted by atomic mass is 32.2. The second-order valence-corrected chi connectivity index (χ2v) is 6.81. The van der Waals surface area contributed by atoms with E-state index in [9.17, 15) is 0 Å². The number of hydrogen-bond donors (Lipinski definition) is 1. The molecule has 0 saturated carbocycles. The summed E-state index contributed by atoms with van der Waals surface area (Å²) >= 11 is 2.00. The summed E-state index contributed by atoms with van der Waals surface area (Å²) in [7, 11) is 1.68. The number of nitrogens with one attached hydrogen (secondary N) is 1. The molecule has 0 heterocycles. The summed E-state index contributed by atoms with van der Waals surface area (Å²) in [4.78, 5) is 0. The number of thioether (sulfide) groups is 1. The Balaban J connectivity index is 2.52. The first-order valence-electron chi connectivity index (χ1n) is 7.71. The van der Waals surface area contributed by atoms with Crippen molar-refractivity contribution < 1.29 is 9.47 Å². The molecule has 0 fully saturated rings. The van der Waals surface area contributed by atoms with E-state index in [1.54, 1.807) is 7.11 Å². The van der Waals surface area contributed by atoms with Crippen molar-refractivity contribution in [3.63, 3.8) is 0 Å². The highest BCUT2D eigenvalue weighted by molar-refractivity contribution is 7.99. The highest BCUT2D eigenvalue weighted by Gasteiger charge is 2.08. The molecule has 0 saturated heterocycles. The van der Waals surface area contributed by atoms with Crippen LogP contribution in [-0.4, -0.2) is 30.8 Å². The van der Waals surface area contributed by atoms with Crippen LogP contribution in [0.5, 0.6) is 11.5 Å². The van der Waals surface area contributed by atoms with Gasteiger partial charge < -0.3 is 14.8 Å². The molecule has 1 aromatic carbocycles. The lowest BCUT2D eigenvalue weighted by molar-refractivity contribution is 0.230. The monoisotopic (exact) mass is 311 g/mol. The zero-order chi connectivity index (χ0) is 15.7. The summed E-state index contributed by atoms with van der Waals surface area (Å²) in [5.74, 6) is 4.02. The molecule has 1 N–H and O–H groups in total. The van der Waals surface area contributed by atoms with Crippen molar-refractivity contribution >= 4 is 11.8 Å². The molecule has 0 bridgehead atoms. The van der Waals surface area contributed by atoms with Crippen LogP contribution >= 0.6 is 11.8 Å². The molecule has 0 aliphatic rings. The summed E-state index contributed by atoms with van der Waals surface area (Å²) in [5.41, 5.74) is 1.22. The number of methoxy groups -OCH3 is 1. The highest BCUT2D eigenvalue weighted by Crippen LogP contribution is 2.29. The molecular formula is C17H29NO2S. The van der Waals surface area contributed by atoms with Crippen LogP contribution in [0.3, 0.4) is 0 Å². The van der Waals surface area contributed by atoms with Gasteiger partial charge in [-0.1, -0.05) is 13.0 Å². The third-order valence-corrected chi connectivity index (χ3v) is 4.08. The van der Waals surface area contributed by atoms with Gasteiger partial charge in [-0.15, -0.1) is 0 Å². The molecule has 1 unspecified atom stereocenters. The van der Waals surface area contributed by atoms with E-state index in [1.165, 1.54) is 23.5 Å². The van der Waals surface area contributed by atoms with Crippen molar-refractivity contribution in [2.45, 2.75) is 52.8 Å². The molecule has 0 radical (unpaired) electrons. The van der Waals surface area contributed by atoms with Crippen LogP contribution in [0, 0.1) is 0 Å². The topological polar surface area (TPSA) is 30.5 Å². The molecule has 1 atom stereocenters. The molecule has 1 rings (SSSR count). The Bertz CT molecular complexity index is 410. The maximum atomic E-state index is 5.73. The van der Waals surface area contributed by atoms with Crippen molar-refractivity contribution in [1.29, 1.82) is 0 Å². The molecule has 0 aliphatic carbocycles. The zero-order valence-electron chi connectivity index (χ0n) is 13.9. The van der Waals surface area contributed by atoms with Gasteiger partial charge in [0.1, 0.15) is 0 Å². The average molecular weight is 311 g/mol. The SMILES string of the molecule is CCSCCC(C)NCc1ccc(OC(C)C)c(OC)c1. The van der Waals surface area contributed by atoms with Gasteiger partial charge in [0.25, 0.3) is 0 Å². The minimum absolute atomic E-state index is 0.152. The van der Waals surface area contributed by atoms with E-state index < -0.39 is 0 Å². The molecule has 0 aromatic heterocycles. The molecule has 3 nitrogen and oxygen atoms in total. The first-order chi connectivity index (χ1) is 10.1. The van der Waals surface area contributed by atoms with E-state index in [-0.39, 0.29) is 6.10 Å². The predicted octanol–water partition coefficient (Wildman–Crippen LogP) is 4.10.